The predicted molar refractivity (Wildman–Crippen MR) is 56.2 cm³/mol. The Morgan fingerprint density at radius 3 is 2.00 bits per heavy atom. The summed E-state index contributed by atoms with van der Waals surface area (Å²) in [5.74, 6) is 0. The molecular weight excluding hydrogens is 200 g/mol. The third-order valence-electron chi connectivity index (χ3n) is 1.85. The molecule has 0 saturated heterocycles. The fraction of sp³-hybridized carbons (Fsp3) is 0.800. The summed E-state index contributed by atoms with van der Waals surface area (Å²) in [7, 11) is 0. The van der Waals surface area contributed by atoms with Crippen LogP contribution in [0.1, 0.15) is 34.1 Å². The minimum Gasteiger partial charge on any atom is -0.103 e. The lowest BCUT2D eigenvalue weighted by molar-refractivity contribution is 0.270. The van der Waals surface area contributed by atoms with Crippen LogP contribution in [0.4, 0.5) is 0 Å². The van der Waals surface area contributed by atoms with Crippen LogP contribution >= 0.6 is 15.9 Å². The largest absolute Gasteiger partial charge is 0.103 e. The van der Waals surface area contributed by atoms with Crippen LogP contribution in [0.3, 0.4) is 0 Å². The zero-order valence-corrected chi connectivity index (χ0v) is 9.66. The molecule has 0 N–H and O–H groups in total. The Morgan fingerprint density at radius 1 is 1.27 bits per heavy atom. The van der Waals surface area contributed by atoms with Crippen LogP contribution < -0.4 is 0 Å². The first-order valence-corrected chi connectivity index (χ1v) is 5.15. The van der Waals surface area contributed by atoms with Gasteiger partial charge in [-0.2, -0.15) is 0 Å². The molecule has 0 aromatic heterocycles. The Kier molecular flexibility index (Phi) is 3.83. The Labute approximate surface area is 79.2 Å². The van der Waals surface area contributed by atoms with E-state index in [-0.39, 0.29) is 5.41 Å². The van der Waals surface area contributed by atoms with E-state index in [9.17, 15) is 0 Å². The van der Waals surface area contributed by atoms with Crippen LogP contribution in [0.2, 0.25) is 0 Å². The van der Waals surface area contributed by atoms with E-state index in [1.54, 1.807) is 0 Å². The van der Waals surface area contributed by atoms with E-state index >= 15 is 0 Å². The second-order valence-corrected chi connectivity index (χ2v) is 5.23. The van der Waals surface area contributed by atoms with Gasteiger partial charge >= 0.3 is 0 Å². The quantitative estimate of drug-likeness (QED) is 0.495. The number of hydrogen-bond donors (Lipinski definition) is 0. The molecule has 0 fully saturated rings. The SMILES string of the molecule is C=CC(C)(C)CC(C)(C)CBr. The molecule has 0 spiro atoms. The minimum atomic E-state index is 0.261. The van der Waals surface area contributed by atoms with Crippen molar-refractivity contribution in [2.24, 2.45) is 10.8 Å². The molecule has 0 radical (unpaired) electrons. The first-order chi connectivity index (χ1) is 4.83. The lowest BCUT2D eigenvalue weighted by Crippen LogP contribution is -2.22. The first-order valence-electron chi connectivity index (χ1n) is 4.02. The summed E-state index contributed by atoms with van der Waals surface area (Å²) in [5.41, 5.74) is 0.634. The molecule has 0 aliphatic rings. The van der Waals surface area contributed by atoms with Crippen LogP contribution in [0, 0.1) is 10.8 Å². The van der Waals surface area contributed by atoms with E-state index in [0.717, 1.165) is 5.33 Å². The van der Waals surface area contributed by atoms with Gasteiger partial charge in [-0.3, -0.25) is 0 Å². The van der Waals surface area contributed by atoms with E-state index in [4.69, 9.17) is 0 Å². The van der Waals surface area contributed by atoms with Crippen molar-refractivity contribution in [3.8, 4) is 0 Å². The maximum absolute atomic E-state index is 3.84. The fourth-order valence-electron chi connectivity index (χ4n) is 1.35. The molecule has 0 bridgehead atoms. The number of allylic oxidation sites excluding steroid dienone is 1. The van der Waals surface area contributed by atoms with Crippen LogP contribution in [-0.2, 0) is 0 Å². The summed E-state index contributed by atoms with van der Waals surface area (Å²) < 4.78 is 0. The molecule has 11 heavy (non-hydrogen) atoms. The highest BCUT2D eigenvalue weighted by atomic mass is 79.9. The predicted octanol–water partition coefficient (Wildman–Crippen LogP) is 4.01. The summed E-state index contributed by atoms with van der Waals surface area (Å²) in [5, 5.41) is 1.05. The fourth-order valence-corrected chi connectivity index (χ4v) is 1.55. The first kappa shape index (κ1) is 11.2. The van der Waals surface area contributed by atoms with Gasteiger partial charge < -0.3 is 0 Å². The topological polar surface area (TPSA) is 0 Å². The normalized spacial score (nSPS) is 13.2. The number of hydrogen-bond acceptors (Lipinski definition) is 0. The van der Waals surface area contributed by atoms with Crippen LogP contribution in [0.25, 0.3) is 0 Å². The molecule has 0 unspecified atom stereocenters. The van der Waals surface area contributed by atoms with Gasteiger partial charge in [0.25, 0.3) is 0 Å². The highest BCUT2D eigenvalue weighted by Gasteiger charge is 2.25. The summed E-state index contributed by atoms with van der Waals surface area (Å²) in [4.78, 5) is 0. The molecule has 66 valence electrons. The highest BCUT2D eigenvalue weighted by Crippen LogP contribution is 2.35. The van der Waals surface area contributed by atoms with Gasteiger partial charge in [-0.1, -0.05) is 49.7 Å². The van der Waals surface area contributed by atoms with Gasteiger partial charge in [0, 0.05) is 5.33 Å². The zero-order valence-electron chi connectivity index (χ0n) is 8.08. The van der Waals surface area contributed by atoms with E-state index in [0.29, 0.717) is 5.41 Å². The molecule has 0 saturated carbocycles. The minimum absolute atomic E-state index is 0.261. The van der Waals surface area contributed by atoms with Crippen molar-refractivity contribution in [1.82, 2.24) is 0 Å². The summed E-state index contributed by atoms with van der Waals surface area (Å²) in [6.45, 7) is 12.8. The average molecular weight is 219 g/mol. The molecule has 0 nitrogen and oxygen atoms in total. The molecule has 1 heteroatoms. The van der Waals surface area contributed by atoms with Crippen molar-refractivity contribution >= 4 is 15.9 Å². The van der Waals surface area contributed by atoms with Gasteiger partial charge in [-0.05, 0) is 17.3 Å². The van der Waals surface area contributed by atoms with Crippen molar-refractivity contribution < 1.29 is 0 Å². The number of halogens is 1. The lowest BCUT2D eigenvalue weighted by atomic mass is 9.76. The van der Waals surface area contributed by atoms with Crippen molar-refractivity contribution in [2.45, 2.75) is 34.1 Å². The Morgan fingerprint density at radius 2 is 1.73 bits per heavy atom. The van der Waals surface area contributed by atoms with E-state index < -0.39 is 0 Å². The molecule has 0 aliphatic carbocycles. The van der Waals surface area contributed by atoms with Gasteiger partial charge in [0.2, 0.25) is 0 Å². The van der Waals surface area contributed by atoms with Crippen LogP contribution in [-0.4, -0.2) is 5.33 Å². The van der Waals surface area contributed by atoms with Crippen molar-refractivity contribution in [3.63, 3.8) is 0 Å². The summed E-state index contributed by atoms with van der Waals surface area (Å²) in [6, 6.07) is 0. The van der Waals surface area contributed by atoms with Gasteiger partial charge in [-0.25, -0.2) is 0 Å². The molecule has 0 amide bonds. The smallest absolute Gasteiger partial charge is 0.00830 e. The third-order valence-corrected chi connectivity index (χ3v) is 3.37. The van der Waals surface area contributed by atoms with E-state index in [2.05, 4.69) is 50.2 Å². The Bertz CT molecular complexity index is 134. The van der Waals surface area contributed by atoms with E-state index in [1.165, 1.54) is 6.42 Å². The van der Waals surface area contributed by atoms with Gasteiger partial charge in [0.05, 0.1) is 0 Å². The number of alkyl halides is 1. The Hall–Kier alpha value is 0.220. The van der Waals surface area contributed by atoms with Crippen molar-refractivity contribution in [3.05, 3.63) is 12.7 Å². The van der Waals surface area contributed by atoms with Gasteiger partial charge in [0.15, 0.2) is 0 Å². The molecular formula is C10H19Br. The summed E-state index contributed by atoms with van der Waals surface area (Å²) >= 11 is 3.52. The van der Waals surface area contributed by atoms with Crippen molar-refractivity contribution in [2.75, 3.05) is 5.33 Å². The second kappa shape index (κ2) is 3.75. The van der Waals surface area contributed by atoms with Gasteiger partial charge in [0.1, 0.15) is 0 Å². The Balaban J connectivity index is 4.12. The molecule has 0 atom stereocenters. The molecule has 0 heterocycles. The summed E-state index contributed by atoms with van der Waals surface area (Å²) in [6.07, 6.45) is 3.21. The van der Waals surface area contributed by atoms with Crippen molar-refractivity contribution in [1.29, 1.82) is 0 Å². The second-order valence-electron chi connectivity index (χ2n) is 4.67. The third kappa shape index (κ3) is 4.62. The molecule has 0 aliphatic heterocycles. The average Bonchev–Trinajstić information content (AvgIpc) is 1.86. The van der Waals surface area contributed by atoms with Gasteiger partial charge in [-0.15, -0.1) is 6.58 Å². The molecule has 0 rings (SSSR count). The standard InChI is InChI=1S/C10H19Br/c1-6-9(2,3)7-10(4,5)8-11/h6H,1,7-8H2,2-5H3. The maximum Gasteiger partial charge on any atom is 0.00830 e. The van der Waals surface area contributed by atoms with Crippen LogP contribution in [0.5, 0.6) is 0 Å². The highest BCUT2D eigenvalue weighted by molar-refractivity contribution is 9.09. The zero-order chi connectivity index (χ0) is 9.12. The molecule has 0 aromatic rings. The van der Waals surface area contributed by atoms with E-state index in [1.807, 2.05) is 6.08 Å². The monoisotopic (exact) mass is 218 g/mol. The van der Waals surface area contributed by atoms with Crippen LogP contribution in [0.15, 0.2) is 12.7 Å². The lowest BCUT2D eigenvalue weighted by Gasteiger charge is -2.31. The molecule has 0 aromatic carbocycles. The maximum atomic E-state index is 3.84. The number of rotatable bonds is 4.